The number of pyridine rings is 1. The van der Waals surface area contributed by atoms with Crippen LogP contribution < -0.4 is 15.5 Å². The largest absolute Gasteiger partial charge is 0.416 e. The molecule has 210 valence electrons. The Balaban J connectivity index is 1.18. The number of carbonyl (C=O) groups excluding carboxylic acids is 2. The maximum Gasteiger partial charge on any atom is 0.416 e. The number of amides is 2. The Morgan fingerprint density at radius 2 is 1.98 bits per heavy atom. The van der Waals surface area contributed by atoms with Crippen molar-refractivity contribution in [2.45, 2.75) is 39.4 Å². The van der Waals surface area contributed by atoms with Gasteiger partial charge in [-0.25, -0.2) is 9.97 Å². The van der Waals surface area contributed by atoms with Crippen LogP contribution in [0.25, 0.3) is 17.3 Å². The predicted octanol–water partition coefficient (Wildman–Crippen LogP) is 4.49. The molecule has 5 heterocycles. The second kappa shape index (κ2) is 11.4. The first-order valence-corrected chi connectivity index (χ1v) is 13.4. The number of piperidine rings is 1. The first-order chi connectivity index (χ1) is 19.1. The lowest BCUT2D eigenvalue weighted by Gasteiger charge is -2.32. The van der Waals surface area contributed by atoms with E-state index in [1.54, 1.807) is 32.2 Å². The van der Waals surface area contributed by atoms with Crippen LogP contribution in [0.2, 0.25) is 0 Å². The van der Waals surface area contributed by atoms with Gasteiger partial charge in [0, 0.05) is 25.8 Å². The molecule has 2 N–H and O–H groups in total. The van der Waals surface area contributed by atoms with Gasteiger partial charge in [-0.2, -0.15) is 13.2 Å². The smallest absolute Gasteiger partial charge is 0.361 e. The maximum atomic E-state index is 13.6. The van der Waals surface area contributed by atoms with Crippen molar-refractivity contribution in [1.29, 1.82) is 0 Å². The summed E-state index contributed by atoms with van der Waals surface area (Å²) in [7, 11) is 0. The van der Waals surface area contributed by atoms with E-state index in [4.69, 9.17) is 4.52 Å². The number of aromatic nitrogens is 4. The van der Waals surface area contributed by atoms with Crippen LogP contribution in [0.5, 0.6) is 0 Å². The van der Waals surface area contributed by atoms with E-state index in [1.807, 2.05) is 0 Å². The number of halogens is 3. The van der Waals surface area contributed by atoms with Crippen LogP contribution in [0, 0.1) is 19.8 Å². The van der Waals surface area contributed by atoms with Crippen LogP contribution in [0.3, 0.4) is 0 Å². The highest BCUT2D eigenvalue weighted by atomic mass is 32.2. The number of hydrogen-bond donors (Lipinski definition) is 2. The van der Waals surface area contributed by atoms with Crippen LogP contribution in [0.4, 0.5) is 23.9 Å². The topological polar surface area (TPSA) is 126 Å². The molecule has 2 saturated heterocycles. The summed E-state index contributed by atoms with van der Waals surface area (Å²) in [4.78, 5) is 38.9. The number of hydrogen-bond acceptors (Lipinski definition) is 10. The standard InChI is InChI=1S/C26H26F3N7O3S/c1-14-22(15(2)39-35-14)20-10-17(26(27,28)29)9-19(32-20)13-30-12-16-4-7-36(8-5-16)24-31-6-3-18(33-24)11-21-23(37)34-25(38)40-21/h3,6,9-11,16,30H,4-5,7-8,12-13H2,1-2H3,(H,34,37,38)/b21-11+. The van der Waals surface area contributed by atoms with Gasteiger partial charge in [0.1, 0.15) is 5.76 Å². The minimum atomic E-state index is -4.51. The number of alkyl halides is 3. The Kier molecular flexibility index (Phi) is 7.90. The normalized spacial score (nSPS) is 17.6. The first-order valence-electron chi connectivity index (χ1n) is 12.6. The molecule has 14 heteroatoms. The lowest BCUT2D eigenvalue weighted by molar-refractivity contribution is -0.137. The zero-order valence-corrected chi connectivity index (χ0v) is 22.5. The van der Waals surface area contributed by atoms with E-state index in [0.717, 1.165) is 36.7 Å². The van der Waals surface area contributed by atoms with Crippen LogP contribution in [-0.2, 0) is 17.5 Å². The van der Waals surface area contributed by atoms with E-state index in [0.29, 0.717) is 54.2 Å². The summed E-state index contributed by atoms with van der Waals surface area (Å²) in [5.41, 5.74) is 1.20. The quantitative estimate of drug-likeness (QED) is 0.391. The molecule has 2 aliphatic heterocycles. The summed E-state index contributed by atoms with van der Waals surface area (Å²) in [5.74, 6) is 0.831. The number of anilines is 1. The molecule has 3 aromatic rings. The molecule has 0 bridgehead atoms. The van der Waals surface area contributed by atoms with Crippen LogP contribution in [0.15, 0.2) is 33.8 Å². The molecule has 0 radical (unpaired) electrons. The van der Waals surface area contributed by atoms with Gasteiger partial charge in [0.2, 0.25) is 5.95 Å². The molecular weight excluding hydrogens is 547 g/mol. The third-order valence-corrected chi connectivity index (χ3v) is 7.53. The summed E-state index contributed by atoms with van der Waals surface area (Å²) in [6.07, 6.45) is 0.351. The average Bonchev–Trinajstić information content (AvgIpc) is 3.42. The second-order valence-electron chi connectivity index (χ2n) is 9.62. The van der Waals surface area contributed by atoms with Crippen molar-refractivity contribution in [3.63, 3.8) is 0 Å². The lowest BCUT2D eigenvalue weighted by atomic mass is 9.97. The number of aryl methyl sites for hydroxylation is 2. The Bertz CT molecular complexity index is 1450. The SMILES string of the molecule is Cc1noc(C)c1-c1cc(C(F)(F)F)cc(CNCC2CCN(c3nccc(/C=C4/SC(=O)NC4=O)n3)CC2)n1. The Hall–Kier alpha value is -3.78. The molecule has 2 fully saturated rings. The fraction of sp³-hybridized carbons (Fsp3) is 0.385. The van der Waals surface area contributed by atoms with E-state index in [1.165, 1.54) is 0 Å². The number of rotatable bonds is 7. The molecule has 0 saturated carbocycles. The number of nitrogens with one attached hydrogen (secondary N) is 2. The van der Waals surface area contributed by atoms with E-state index in [-0.39, 0.29) is 22.8 Å². The van der Waals surface area contributed by atoms with Gasteiger partial charge in [-0.3, -0.25) is 19.9 Å². The predicted molar refractivity (Wildman–Crippen MR) is 142 cm³/mol. The molecule has 0 atom stereocenters. The number of carbonyl (C=O) groups is 2. The highest BCUT2D eigenvalue weighted by Gasteiger charge is 2.32. The molecular formula is C26H26F3N7O3S. The fourth-order valence-electron chi connectivity index (χ4n) is 4.71. The molecule has 2 amide bonds. The molecule has 5 rings (SSSR count). The van der Waals surface area contributed by atoms with Gasteiger partial charge in [0.25, 0.3) is 11.1 Å². The average molecular weight is 574 g/mol. The van der Waals surface area contributed by atoms with Crippen molar-refractivity contribution < 1.29 is 27.3 Å². The number of imide groups is 1. The molecule has 0 spiro atoms. The molecule has 0 aromatic carbocycles. The number of nitrogens with zero attached hydrogens (tertiary/aromatic N) is 5. The first kappa shape index (κ1) is 27.8. The molecule has 0 unspecified atom stereocenters. The fourth-order valence-corrected chi connectivity index (χ4v) is 5.38. The van der Waals surface area contributed by atoms with Crippen molar-refractivity contribution in [1.82, 2.24) is 30.7 Å². The minimum absolute atomic E-state index is 0.188. The van der Waals surface area contributed by atoms with Crippen LogP contribution in [-0.4, -0.2) is 50.9 Å². The maximum absolute atomic E-state index is 13.6. The van der Waals surface area contributed by atoms with Crippen molar-refractivity contribution in [3.8, 4) is 11.3 Å². The molecule has 40 heavy (non-hydrogen) atoms. The zero-order chi connectivity index (χ0) is 28.4. The van der Waals surface area contributed by atoms with Gasteiger partial charge in [-0.1, -0.05) is 5.16 Å². The Morgan fingerprint density at radius 3 is 2.62 bits per heavy atom. The van der Waals surface area contributed by atoms with E-state index >= 15 is 0 Å². The summed E-state index contributed by atoms with van der Waals surface area (Å²) in [6.45, 7) is 5.55. The van der Waals surface area contributed by atoms with Crippen molar-refractivity contribution in [3.05, 3.63) is 57.7 Å². The highest BCUT2D eigenvalue weighted by Crippen LogP contribution is 2.34. The molecule has 0 aliphatic carbocycles. The minimum Gasteiger partial charge on any atom is -0.361 e. The van der Waals surface area contributed by atoms with E-state index < -0.39 is 22.9 Å². The highest BCUT2D eigenvalue weighted by molar-refractivity contribution is 8.18. The van der Waals surface area contributed by atoms with Gasteiger partial charge >= 0.3 is 6.18 Å². The Morgan fingerprint density at radius 1 is 1.20 bits per heavy atom. The van der Waals surface area contributed by atoms with Gasteiger partial charge in [0.05, 0.1) is 38.8 Å². The van der Waals surface area contributed by atoms with Gasteiger partial charge in [0.15, 0.2) is 0 Å². The summed E-state index contributed by atoms with van der Waals surface area (Å²) < 4.78 is 45.9. The molecule has 2 aliphatic rings. The third-order valence-electron chi connectivity index (χ3n) is 6.72. The van der Waals surface area contributed by atoms with Crippen molar-refractivity contribution in [2.24, 2.45) is 5.92 Å². The van der Waals surface area contributed by atoms with E-state index in [2.05, 4.69) is 35.6 Å². The molecule has 10 nitrogen and oxygen atoms in total. The van der Waals surface area contributed by atoms with E-state index in [9.17, 15) is 22.8 Å². The van der Waals surface area contributed by atoms with Gasteiger partial charge in [-0.05, 0) is 75.2 Å². The Labute approximate surface area is 231 Å². The monoisotopic (exact) mass is 573 g/mol. The third kappa shape index (κ3) is 6.33. The van der Waals surface area contributed by atoms with Crippen LogP contribution >= 0.6 is 11.8 Å². The number of thioether (sulfide) groups is 1. The van der Waals surface area contributed by atoms with Crippen molar-refractivity contribution >= 4 is 34.9 Å². The second-order valence-corrected chi connectivity index (χ2v) is 10.6. The summed E-state index contributed by atoms with van der Waals surface area (Å²) in [5, 5.41) is 8.92. The molecule has 3 aromatic heterocycles. The summed E-state index contributed by atoms with van der Waals surface area (Å²) in [6, 6.07) is 3.77. The summed E-state index contributed by atoms with van der Waals surface area (Å²) >= 11 is 0.833. The zero-order valence-electron chi connectivity index (χ0n) is 21.7. The van der Waals surface area contributed by atoms with Crippen molar-refractivity contribution in [2.75, 3.05) is 24.5 Å². The van der Waals surface area contributed by atoms with Crippen LogP contribution in [0.1, 0.15) is 41.2 Å². The lowest BCUT2D eigenvalue weighted by Crippen LogP contribution is -2.38. The van der Waals surface area contributed by atoms with Gasteiger partial charge in [-0.15, -0.1) is 0 Å². The van der Waals surface area contributed by atoms with Gasteiger partial charge < -0.3 is 14.7 Å².